The normalized spacial score (nSPS) is 10.9. The second-order valence-electron chi connectivity index (χ2n) is 7.35. The number of nitrogens with zero attached hydrogens (tertiary/aromatic N) is 2. The second-order valence-corrected chi connectivity index (χ2v) is 9.21. The number of non-ortho nitro benzene ring substituents is 1. The highest BCUT2D eigenvalue weighted by atomic mass is 32.2. The van der Waals surface area contributed by atoms with Crippen molar-refractivity contribution in [3.63, 3.8) is 0 Å². The predicted octanol–water partition coefficient (Wildman–Crippen LogP) is 3.91. The van der Waals surface area contributed by atoms with E-state index in [0.29, 0.717) is 11.3 Å². The third kappa shape index (κ3) is 5.82. The second kappa shape index (κ2) is 10.8. The first-order valence-corrected chi connectivity index (χ1v) is 12.0. The number of hydrogen-bond donors (Lipinski definition) is 1. The van der Waals surface area contributed by atoms with Gasteiger partial charge in [-0.15, -0.1) is 0 Å². The first kappa shape index (κ1) is 25.4. The monoisotopic (exact) mass is 497 g/mol. The Bertz CT molecular complexity index is 1340. The number of rotatable bonds is 9. The van der Waals surface area contributed by atoms with E-state index in [-0.39, 0.29) is 28.4 Å². The molecule has 182 valence electrons. The molecule has 0 aliphatic carbocycles. The van der Waals surface area contributed by atoms with E-state index in [9.17, 15) is 28.1 Å². The van der Waals surface area contributed by atoms with Gasteiger partial charge in [0.2, 0.25) is 5.91 Å². The molecule has 0 fully saturated rings. The molecule has 0 aromatic heterocycles. The molecule has 0 bridgehead atoms. The molecule has 0 atom stereocenters. The molecule has 0 saturated heterocycles. The molecule has 0 aliphatic rings. The number of anilines is 2. The van der Waals surface area contributed by atoms with Gasteiger partial charge >= 0.3 is 5.97 Å². The number of carbonyl (C=O) groups excluding carboxylic acids is 2. The minimum absolute atomic E-state index is 0.0494. The number of ether oxygens (including phenoxy) is 1. The van der Waals surface area contributed by atoms with Gasteiger partial charge in [0.1, 0.15) is 6.54 Å². The summed E-state index contributed by atoms with van der Waals surface area (Å²) in [6.45, 7) is 2.89. The zero-order chi connectivity index (χ0) is 25.6. The zero-order valence-electron chi connectivity index (χ0n) is 19.0. The maximum Gasteiger partial charge on any atom is 0.338 e. The van der Waals surface area contributed by atoms with Crippen LogP contribution in [0.25, 0.3) is 0 Å². The summed E-state index contributed by atoms with van der Waals surface area (Å²) < 4.78 is 32.6. The zero-order valence-corrected chi connectivity index (χ0v) is 19.8. The van der Waals surface area contributed by atoms with Gasteiger partial charge in [0.05, 0.1) is 27.7 Å². The molecule has 0 aliphatic heterocycles. The van der Waals surface area contributed by atoms with Crippen LogP contribution in [0, 0.1) is 17.0 Å². The van der Waals surface area contributed by atoms with Gasteiger partial charge < -0.3 is 10.1 Å². The van der Waals surface area contributed by atoms with E-state index in [2.05, 4.69) is 5.32 Å². The first-order valence-electron chi connectivity index (χ1n) is 10.5. The Balaban J connectivity index is 1.94. The van der Waals surface area contributed by atoms with Gasteiger partial charge in [-0.3, -0.25) is 19.2 Å². The molecule has 3 rings (SSSR count). The molecule has 3 aromatic rings. The molecule has 0 spiro atoms. The Kier molecular flexibility index (Phi) is 7.82. The van der Waals surface area contributed by atoms with Gasteiger partial charge in [-0.05, 0) is 55.8 Å². The topological polar surface area (TPSA) is 136 Å². The van der Waals surface area contributed by atoms with E-state index >= 15 is 0 Å². The van der Waals surface area contributed by atoms with Gasteiger partial charge in [0.25, 0.3) is 15.7 Å². The average Bonchev–Trinajstić information content (AvgIpc) is 2.84. The van der Waals surface area contributed by atoms with Crippen LogP contribution in [0.5, 0.6) is 0 Å². The van der Waals surface area contributed by atoms with Crippen LogP contribution in [-0.2, 0) is 19.6 Å². The molecule has 10 nitrogen and oxygen atoms in total. The van der Waals surface area contributed by atoms with Crippen molar-refractivity contribution in [3.8, 4) is 0 Å². The summed E-state index contributed by atoms with van der Waals surface area (Å²) in [5.74, 6) is -1.22. The highest BCUT2D eigenvalue weighted by Crippen LogP contribution is 2.26. The maximum atomic E-state index is 13.4. The Hall–Kier alpha value is -4.25. The summed E-state index contributed by atoms with van der Waals surface area (Å²) in [6.07, 6.45) is 0. The lowest BCUT2D eigenvalue weighted by Gasteiger charge is -2.24. The van der Waals surface area contributed by atoms with Crippen molar-refractivity contribution < 1.29 is 27.7 Å². The van der Waals surface area contributed by atoms with Gasteiger partial charge in [-0.1, -0.05) is 24.3 Å². The quantitative estimate of drug-likeness (QED) is 0.269. The third-order valence-corrected chi connectivity index (χ3v) is 6.86. The molecule has 0 saturated carbocycles. The Labute approximate surface area is 202 Å². The number of esters is 1. The summed E-state index contributed by atoms with van der Waals surface area (Å²) in [4.78, 5) is 35.5. The maximum absolute atomic E-state index is 13.4. The van der Waals surface area contributed by atoms with Gasteiger partial charge in [0, 0.05) is 17.8 Å². The SMILES string of the molecule is CCOC(=O)c1cccc(NC(=O)CN(c2ccc([N+](=O)[O-])cc2)S(=O)(=O)c2ccccc2)c1C. The molecule has 11 heteroatoms. The van der Waals surface area contributed by atoms with E-state index in [1.54, 1.807) is 50.2 Å². The number of sulfonamides is 1. The van der Waals surface area contributed by atoms with Gasteiger partial charge in [0.15, 0.2) is 0 Å². The molecule has 0 unspecified atom stereocenters. The van der Waals surface area contributed by atoms with Crippen molar-refractivity contribution >= 4 is 39.0 Å². The summed E-state index contributed by atoms with van der Waals surface area (Å²) in [5.41, 5.74) is 0.912. The summed E-state index contributed by atoms with van der Waals surface area (Å²) >= 11 is 0. The highest BCUT2D eigenvalue weighted by molar-refractivity contribution is 7.92. The number of benzene rings is 3. The molecular formula is C24H23N3O7S. The number of nitro benzene ring substituents is 1. The average molecular weight is 498 g/mol. The van der Waals surface area contributed by atoms with Crippen molar-refractivity contribution in [1.82, 2.24) is 0 Å². The molecular weight excluding hydrogens is 474 g/mol. The smallest absolute Gasteiger partial charge is 0.338 e. The molecule has 3 aromatic carbocycles. The Morgan fingerprint density at radius 2 is 1.66 bits per heavy atom. The molecule has 35 heavy (non-hydrogen) atoms. The first-order chi connectivity index (χ1) is 16.6. The van der Waals surface area contributed by atoms with Crippen LogP contribution in [0.1, 0.15) is 22.8 Å². The van der Waals surface area contributed by atoms with E-state index < -0.39 is 33.4 Å². The fraction of sp³-hybridized carbons (Fsp3) is 0.167. The van der Waals surface area contributed by atoms with E-state index in [4.69, 9.17) is 4.74 Å². The molecule has 0 radical (unpaired) electrons. The predicted molar refractivity (Wildman–Crippen MR) is 130 cm³/mol. The van der Waals surface area contributed by atoms with Crippen LogP contribution in [0.3, 0.4) is 0 Å². The van der Waals surface area contributed by atoms with Crippen LogP contribution in [0.4, 0.5) is 17.1 Å². The Morgan fingerprint density at radius 3 is 2.26 bits per heavy atom. The summed E-state index contributed by atoms with van der Waals surface area (Å²) in [6, 6.07) is 17.1. The van der Waals surface area contributed by atoms with Gasteiger partial charge in [-0.25, -0.2) is 13.2 Å². The number of amides is 1. The van der Waals surface area contributed by atoms with E-state index in [1.165, 1.54) is 24.3 Å². The fourth-order valence-corrected chi connectivity index (χ4v) is 4.74. The van der Waals surface area contributed by atoms with E-state index in [1.807, 2.05) is 0 Å². The molecule has 1 amide bonds. The van der Waals surface area contributed by atoms with Crippen LogP contribution >= 0.6 is 0 Å². The Morgan fingerprint density at radius 1 is 1.00 bits per heavy atom. The highest BCUT2D eigenvalue weighted by Gasteiger charge is 2.28. The van der Waals surface area contributed by atoms with Crippen LogP contribution in [-0.4, -0.2) is 38.4 Å². The summed E-state index contributed by atoms with van der Waals surface area (Å²) in [7, 11) is -4.19. The van der Waals surface area contributed by atoms with Crippen LogP contribution in [0.2, 0.25) is 0 Å². The van der Waals surface area contributed by atoms with Crippen LogP contribution in [0.15, 0.2) is 77.7 Å². The summed E-state index contributed by atoms with van der Waals surface area (Å²) in [5, 5.41) is 13.6. The van der Waals surface area contributed by atoms with Crippen molar-refractivity contribution in [2.75, 3.05) is 22.8 Å². The minimum Gasteiger partial charge on any atom is -0.462 e. The lowest BCUT2D eigenvalue weighted by Crippen LogP contribution is -2.38. The lowest BCUT2D eigenvalue weighted by atomic mass is 10.1. The number of hydrogen-bond acceptors (Lipinski definition) is 7. The molecule has 1 N–H and O–H groups in total. The van der Waals surface area contributed by atoms with Crippen molar-refractivity contribution in [1.29, 1.82) is 0 Å². The minimum atomic E-state index is -4.19. The standard InChI is InChI=1S/C24H23N3O7S/c1-3-34-24(29)21-10-7-11-22(17(21)2)25-23(28)16-26(18-12-14-19(15-13-18)27(30)31)35(32,33)20-8-5-4-6-9-20/h4-15H,3,16H2,1-2H3,(H,25,28). The largest absolute Gasteiger partial charge is 0.462 e. The van der Waals surface area contributed by atoms with Crippen molar-refractivity contribution in [3.05, 3.63) is 94.0 Å². The lowest BCUT2D eigenvalue weighted by molar-refractivity contribution is -0.384. The molecule has 0 heterocycles. The van der Waals surface area contributed by atoms with Crippen molar-refractivity contribution in [2.45, 2.75) is 18.7 Å². The van der Waals surface area contributed by atoms with E-state index in [0.717, 1.165) is 16.4 Å². The van der Waals surface area contributed by atoms with Crippen molar-refractivity contribution in [2.24, 2.45) is 0 Å². The fourth-order valence-electron chi connectivity index (χ4n) is 3.30. The number of nitrogens with one attached hydrogen (secondary N) is 1. The number of carbonyl (C=O) groups is 2. The van der Waals surface area contributed by atoms with Crippen LogP contribution < -0.4 is 9.62 Å². The number of nitro groups is 1. The van der Waals surface area contributed by atoms with Gasteiger partial charge in [-0.2, -0.15) is 0 Å². The third-order valence-electron chi connectivity index (χ3n) is 5.07.